The Bertz CT molecular complexity index is 252. The second kappa shape index (κ2) is 7.65. The molecule has 0 aromatic carbocycles. The summed E-state index contributed by atoms with van der Waals surface area (Å²) in [5.74, 6) is 0.832. The number of piperidine rings is 1. The molecule has 0 spiro atoms. The molecule has 3 unspecified atom stereocenters. The van der Waals surface area contributed by atoms with Gasteiger partial charge in [0.25, 0.3) is 0 Å². The van der Waals surface area contributed by atoms with E-state index in [1.165, 1.54) is 19.3 Å². The minimum Gasteiger partial charge on any atom is -0.362 e. The molecule has 0 radical (unpaired) electrons. The maximum Gasteiger partial charge on any atom is 0.141 e. The lowest BCUT2D eigenvalue weighted by atomic mass is 9.89. The highest BCUT2D eigenvalue weighted by Gasteiger charge is 2.26. The summed E-state index contributed by atoms with van der Waals surface area (Å²) < 4.78 is 5.40. The molecule has 17 heavy (non-hydrogen) atoms. The molecular weight excluding hydrogens is 214 g/mol. The molecule has 1 aliphatic heterocycles. The maximum atomic E-state index is 8.63. The van der Waals surface area contributed by atoms with Crippen molar-refractivity contribution < 1.29 is 4.74 Å². The molecule has 1 aliphatic rings. The van der Waals surface area contributed by atoms with Gasteiger partial charge in [-0.1, -0.05) is 13.3 Å². The largest absolute Gasteiger partial charge is 0.362 e. The monoisotopic (exact) mass is 239 g/mol. The van der Waals surface area contributed by atoms with Gasteiger partial charge in [-0.15, -0.1) is 0 Å². The second-order valence-corrected chi connectivity index (χ2v) is 4.87. The van der Waals surface area contributed by atoms with Gasteiger partial charge in [-0.25, -0.2) is 0 Å². The number of ether oxygens (including phenoxy) is 1. The van der Waals surface area contributed by atoms with Crippen molar-refractivity contribution in [3.05, 3.63) is 0 Å². The molecule has 0 aromatic heterocycles. The molecule has 0 amide bonds. The summed E-state index contributed by atoms with van der Waals surface area (Å²) in [5, 5.41) is 8.63. The maximum absolute atomic E-state index is 8.63. The van der Waals surface area contributed by atoms with Gasteiger partial charge in [0.15, 0.2) is 0 Å². The van der Waals surface area contributed by atoms with Crippen molar-refractivity contribution in [3.8, 4) is 6.07 Å². The lowest BCUT2D eigenvalue weighted by Gasteiger charge is -2.38. The van der Waals surface area contributed by atoms with E-state index in [0.717, 1.165) is 25.6 Å². The molecule has 3 atom stereocenters. The van der Waals surface area contributed by atoms with Crippen LogP contribution in [0.2, 0.25) is 0 Å². The first-order valence-corrected chi connectivity index (χ1v) is 6.66. The normalized spacial score (nSPS) is 27.6. The van der Waals surface area contributed by atoms with Gasteiger partial charge in [0.1, 0.15) is 6.10 Å². The Morgan fingerprint density at radius 1 is 1.59 bits per heavy atom. The van der Waals surface area contributed by atoms with Gasteiger partial charge in [-0.3, -0.25) is 4.90 Å². The number of likely N-dealkylation sites (tertiary alicyclic amines) is 1. The standard InChI is InChI=1S/C13H25N3O/c1-3-12-4-5-16(13(8-12)10-15)6-7-17-11(2)9-14/h11-13H,3-8,10,15H2,1-2H3. The van der Waals surface area contributed by atoms with E-state index in [0.29, 0.717) is 12.6 Å². The van der Waals surface area contributed by atoms with Crippen LogP contribution < -0.4 is 5.73 Å². The number of hydrogen-bond acceptors (Lipinski definition) is 4. The van der Waals surface area contributed by atoms with Gasteiger partial charge >= 0.3 is 0 Å². The van der Waals surface area contributed by atoms with Crippen molar-refractivity contribution in [2.24, 2.45) is 11.7 Å². The molecule has 1 rings (SSSR count). The zero-order valence-corrected chi connectivity index (χ0v) is 11.1. The number of nitrogens with zero attached hydrogens (tertiary/aromatic N) is 2. The van der Waals surface area contributed by atoms with E-state index in [1.807, 2.05) is 0 Å². The second-order valence-electron chi connectivity index (χ2n) is 4.87. The van der Waals surface area contributed by atoms with Gasteiger partial charge in [-0.05, 0) is 32.2 Å². The lowest BCUT2D eigenvalue weighted by molar-refractivity contribution is 0.0454. The van der Waals surface area contributed by atoms with Crippen molar-refractivity contribution in [3.63, 3.8) is 0 Å². The predicted molar refractivity (Wildman–Crippen MR) is 68.5 cm³/mol. The van der Waals surface area contributed by atoms with E-state index < -0.39 is 0 Å². The van der Waals surface area contributed by atoms with Crippen LogP contribution in [0.4, 0.5) is 0 Å². The van der Waals surface area contributed by atoms with E-state index in [2.05, 4.69) is 17.9 Å². The third kappa shape index (κ3) is 4.63. The quantitative estimate of drug-likeness (QED) is 0.760. The van der Waals surface area contributed by atoms with Crippen LogP contribution >= 0.6 is 0 Å². The summed E-state index contributed by atoms with van der Waals surface area (Å²) in [4.78, 5) is 2.41. The van der Waals surface area contributed by atoms with Crippen LogP contribution in [0.5, 0.6) is 0 Å². The molecular formula is C13H25N3O. The number of nitriles is 1. The smallest absolute Gasteiger partial charge is 0.141 e. The van der Waals surface area contributed by atoms with E-state index in [4.69, 9.17) is 15.7 Å². The van der Waals surface area contributed by atoms with Crippen LogP contribution in [0.3, 0.4) is 0 Å². The summed E-state index contributed by atoms with van der Waals surface area (Å²) in [6, 6.07) is 2.57. The molecule has 1 heterocycles. The van der Waals surface area contributed by atoms with Gasteiger partial charge in [0.2, 0.25) is 0 Å². The average molecular weight is 239 g/mol. The molecule has 2 N–H and O–H groups in total. The first kappa shape index (κ1) is 14.4. The fourth-order valence-corrected chi connectivity index (χ4v) is 2.48. The van der Waals surface area contributed by atoms with Crippen LogP contribution in [0.1, 0.15) is 33.1 Å². The van der Waals surface area contributed by atoms with E-state index in [9.17, 15) is 0 Å². The fourth-order valence-electron chi connectivity index (χ4n) is 2.48. The Morgan fingerprint density at radius 3 is 2.94 bits per heavy atom. The third-order valence-electron chi connectivity index (χ3n) is 3.72. The Hall–Kier alpha value is -0.630. The van der Waals surface area contributed by atoms with Crippen LogP contribution in [-0.2, 0) is 4.74 Å². The number of rotatable bonds is 6. The highest BCUT2D eigenvalue weighted by molar-refractivity contribution is 4.83. The van der Waals surface area contributed by atoms with Gasteiger partial charge < -0.3 is 10.5 Å². The fraction of sp³-hybridized carbons (Fsp3) is 0.923. The predicted octanol–water partition coefficient (Wildman–Crippen LogP) is 1.36. The Labute approximate surface area is 105 Å². The average Bonchev–Trinajstić information content (AvgIpc) is 2.38. The van der Waals surface area contributed by atoms with Gasteiger partial charge in [0, 0.05) is 19.1 Å². The van der Waals surface area contributed by atoms with Crippen molar-refractivity contribution in [2.75, 3.05) is 26.2 Å². The minimum atomic E-state index is -0.306. The molecule has 98 valence electrons. The van der Waals surface area contributed by atoms with E-state index in [-0.39, 0.29) is 6.10 Å². The zero-order chi connectivity index (χ0) is 12.7. The van der Waals surface area contributed by atoms with Crippen LogP contribution in [-0.4, -0.2) is 43.3 Å². The van der Waals surface area contributed by atoms with Crippen LogP contribution in [0, 0.1) is 17.2 Å². The Balaban J connectivity index is 2.30. The number of hydrogen-bond donors (Lipinski definition) is 1. The summed E-state index contributed by atoms with van der Waals surface area (Å²) >= 11 is 0. The first-order chi connectivity index (χ1) is 8.21. The highest BCUT2D eigenvalue weighted by atomic mass is 16.5. The van der Waals surface area contributed by atoms with Crippen LogP contribution in [0.15, 0.2) is 0 Å². The summed E-state index contributed by atoms with van der Waals surface area (Å²) in [6.07, 6.45) is 3.42. The first-order valence-electron chi connectivity index (χ1n) is 6.66. The SMILES string of the molecule is CCC1CCN(CCOC(C)C#N)C(CN)C1. The topological polar surface area (TPSA) is 62.3 Å². The Morgan fingerprint density at radius 2 is 2.35 bits per heavy atom. The summed E-state index contributed by atoms with van der Waals surface area (Å²) in [6.45, 7) is 7.40. The molecule has 0 aliphatic carbocycles. The molecule has 1 saturated heterocycles. The van der Waals surface area contributed by atoms with Crippen molar-refractivity contribution in [2.45, 2.75) is 45.3 Å². The molecule has 4 nitrogen and oxygen atoms in total. The van der Waals surface area contributed by atoms with E-state index >= 15 is 0 Å². The Kier molecular flexibility index (Phi) is 6.49. The van der Waals surface area contributed by atoms with Crippen LogP contribution in [0.25, 0.3) is 0 Å². The zero-order valence-electron chi connectivity index (χ0n) is 11.1. The third-order valence-corrected chi connectivity index (χ3v) is 3.72. The molecule has 0 bridgehead atoms. The highest BCUT2D eigenvalue weighted by Crippen LogP contribution is 2.24. The molecule has 1 fully saturated rings. The van der Waals surface area contributed by atoms with Gasteiger partial charge in [0.05, 0.1) is 12.7 Å². The molecule has 0 saturated carbocycles. The van der Waals surface area contributed by atoms with Gasteiger partial charge in [-0.2, -0.15) is 5.26 Å². The number of nitrogens with two attached hydrogens (primary N) is 1. The summed E-state index contributed by atoms with van der Waals surface area (Å²) in [5.41, 5.74) is 5.83. The van der Waals surface area contributed by atoms with E-state index in [1.54, 1.807) is 6.92 Å². The minimum absolute atomic E-state index is 0.306. The molecule has 4 heteroatoms. The lowest BCUT2D eigenvalue weighted by Crippen LogP contribution is -2.47. The van der Waals surface area contributed by atoms with Crippen molar-refractivity contribution in [1.82, 2.24) is 4.90 Å². The summed E-state index contributed by atoms with van der Waals surface area (Å²) in [7, 11) is 0. The van der Waals surface area contributed by atoms with Crippen molar-refractivity contribution >= 4 is 0 Å². The molecule has 0 aromatic rings. The van der Waals surface area contributed by atoms with Crippen molar-refractivity contribution in [1.29, 1.82) is 5.26 Å².